The van der Waals surface area contributed by atoms with Crippen molar-refractivity contribution in [2.24, 2.45) is 0 Å². The Hall–Kier alpha value is -2.09. The van der Waals surface area contributed by atoms with Crippen LogP contribution in [0.3, 0.4) is 0 Å². The molecule has 3 amide bonds. The number of urea groups is 1. The standard InChI is InChI=1S/C15H21N3O4S/c1-11(19)18-8-3-4-12-10-13(5-6-14(12)18)17-15(20)16-7-9-23(2,21)22/h5-6,10H,3-4,7-9H2,1-2H3,(H2,16,17,20). The van der Waals surface area contributed by atoms with Crippen molar-refractivity contribution >= 4 is 33.2 Å². The van der Waals surface area contributed by atoms with E-state index >= 15 is 0 Å². The third-order valence-corrected chi connectivity index (χ3v) is 4.54. The van der Waals surface area contributed by atoms with Crippen molar-refractivity contribution in [1.29, 1.82) is 0 Å². The number of amides is 3. The van der Waals surface area contributed by atoms with Gasteiger partial charge in [-0.25, -0.2) is 13.2 Å². The lowest BCUT2D eigenvalue weighted by Crippen LogP contribution is -2.34. The largest absolute Gasteiger partial charge is 0.337 e. The number of aryl methyl sites for hydroxylation is 1. The molecule has 0 spiro atoms. The van der Waals surface area contributed by atoms with Crippen LogP contribution < -0.4 is 15.5 Å². The molecule has 0 unspecified atom stereocenters. The van der Waals surface area contributed by atoms with Crippen molar-refractivity contribution in [1.82, 2.24) is 5.32 Å². The first kappa shape index (κ1) is 17.3. The van der Waals surface area contributed by atoms with E-state index in [-0.39, 0.29) is 18.2 Å². The number of benzene rings is 1. The van der Waals surface area contributed by atoms with Crippen molar-refractivity contribution in [3.8, 4) is 0 Å². The van der Waals surface area contributed by atoms with Gasteiger partial charge in [0.15, 0.2) is 0 Å². The summed E-state index contributed by atoms with van der Waals surface area (Å²) in [4.78, 5) is 25.1. The molecular weight excluding hydrogens is 318 g/mol. The minimum absolute atomic E-state index is 0.00479. The summed E-state index contributed by atoms with van der Waals surface area (Å²) in [5.74, 6) is -0.0942. The maximum Gasteiger partial charge on any atom is 0.319 e. The van der Waals surface area contributed by atoms with Gasteiger partial charge in [-0.05, 0) is 36.6 Å². The highest BCUT2D eigenvalue weighted by atomic mass is 32.2. The summed E-state index contributed by atoms with van der Waals surface area (Å²) in [6.45, 7) is 2.31. The lowest BCUT2D eigenvalue weighted by atomic mass is 10.0. The quantitative estimate of drug-likeness (QED) is 0.860. The number of anilines is 2. The molecule has 1 aromatic carbocycles. The van der Waals surface area contributed by atoms with E-state index in [1.807, 2.05) is 12.1 Å². The first-order chi connectivity index (χ1) is 10.8. The van der Waals surface area contributed by atoms with Gasteiger partial charge >= 0.3 is 6.03 Å². The third-order valence-electron chi connectivity index (χ3n) is 3.59. The molecule has 0 aliphatic carbocycles. The highest BCUT2D eigenvalue weighted by Crippen LogP contribution is 2.29. The summed E-state index contributed by atoms with van der Waals surface area (Å²) in [5.41, 5.74) is 2.51. The fourth-order valence-corrected chi connectivity index (χ4v) is 3.00. The summed E-state index contributed by atoms with van der Waals surface area (Å²) in [6.07, 6.45) is 2.86. The van der Waals surface area contributed by atoms with E-state index in [0.29, 0.717) is 12.2 Å². The van der Waals surface area contributed by atoms with E-state index in [0.717, 1.165) is 30.3 Å². The van der Waals surface area contributed by atoms with Crippen molar-refractivity contribution in [2.75, 3.05) is 35.3 Å². The zero-order valence-corrected chi connectivity index (χ0v) is 14.1. The van der Waals surface area contributed by atoms with Gasteiger partial charge in [-0.15, -0.1) is 0 Å². The van der Waals surface area contributed by atoms with Gasteiger partial charge in [-0.3, -0.25) is 4.79 Å². The number of rotatable bonds is 4. The topological polar surface area (TPSA) is 95.6 Å². The van der Waals surface area contributed by atoms with Gasteiger partial charge in [0.2, 0.25) is 5.91 Å². The Balaban J connectivity index is 1.99. The molecular formula is C15H21N3O4S. The van der Waals surface area contributed by atoms with Crippen LogP contribution in [0.25, 0.3) is 0 Å². The monoisotopic (exact) mass is 339 g/mol. The van der Waals surface area contributed by atoms with Crippen LogP contribution in [-0.2, 0) is 21.1 Å². The second-order valence-electron chi connectivity index (χ2n) is 5.63. The van der Waals surface area contributed by atoms with Crippen molar-refractivity contribution in [3.63, 3.8) is 0 Å². The SMILES string of the molecule is CC(=O)N1CCCc2cc(NC(=O)NCCS(C)(=O)=O)ccc21. The van der Waals surface area contributed by atoms with Crippen molar-refractivity contribution in [2.45, 2.75) is 19.8 Å². The van der Waals surface area contributed by atoms with Gasteiger partial charge in [0, 0.05) is 37.6 Å². The molecule has 0 aromatic heterocycles. The fraction of sp³-hybridized carbons (Fsp3) is 0.467. The molecule has 1 heterocycles. The highest BCUT2D eigenvalue weighted by molar-refractivity contribution is 7.90. The third kappa shape index (κ3) is 4.95. The maximum atomic E-state index is 11.8. The van der Waals surface area contributed by atoms with Gasteiger partial charge in [-0.1, -0.05) is 0 Å². The van der Waals surface area contributed by atoms with Gasteiger partial charge in [0.1, 0.15) is 9.84 Å². The number of carbonyl (C=O) groups excluding carboxylic acids is 2. The normalized spacial score (nSPS) is 14.1. The summed E-state index contributed by atoms with van der Waals surface area (Å²) in [7, 11) is -3.10. The minimum atomic E-state index is -3.10. The molecule has 1 aliphatic heterocycles. The fourth-order valence-electron chi connectivity index (χ4n) is 2.53. The average Bonchev–Trinajstić information content (AvgIpc) is 2.44. The number of carbonyl (C=O) groups is 2. The van der Waals surface area contributed by atoms with Crippen LogP contribution in [0.15, 0.2) is 18.2 Å². The molecule has 0 saturated carbocycles. The van der Waals surface area contributed by atoms with E-state index in [4.69, 9.17) is 0 Å². The smallest absolute Gasteiger partial charge is 0.319 e. The lowest BCUT2D eigenvalue weighted by molar-refractivity contribution is -0.116. The molecule has 1 aliphatic rings. The Morgan fingerprint density at radius 3 is 2.70 bits per heavy atom. The molecule has 2 rings (SSSR count). The molecule has 0 atom stereocenters. The first-order valence-electron chi connectivity index (χ1n) is 7.40. The molecule has 126 valence electrons. The predicted molar refractivity (Wildman–Crippen MR) is 89.5 cm³/mol. The maximum absolute atomic E-state index is 11.8. The van der Waals surface area contributed by atoms with Crippen molar-refractivity contribution in [3.05, 3.63) is 23.8 Å². The lowest BCUT2D eigenvalue weighted by Gasteiger charge is -2.29. The van der Waals surface area contributed by atoms with E-state index in [1.54, 1.807) is 11.0 Å². The van der Waals surface area contributed by atoms with Gasteiger partial charge in [0.05, 0.1) is 5.75 Å². The molecule has 0 radical (unpaired) electrons. The number of nitrogens with zero attached hydrogens (tertiary/aromatic N) is 1. The Kier molecular flexibility index (Phi) is 5.25. The molecule has 0 saturated heterocycles. The van der Waals surface area contributed by atoms with Crippen LogP contribution in [0, 0.1) is 0 Å². The number of fused-ring (bicyclic) bond motifs is 1. The van der Waals surface area contributed by atoms with Crippen LogP contribution in [-0.4, -0.2) is 45.5 Å². The van der Waals surface area contributed by atoms with Crippen LogP contribution in [0.4, 0.5) is 16.2 Å². The Labute approximate surface area is 136 Å². The zero-order chi connectivity index (χ0) is 17.0. The van der Waals surface area contributed by atoms with Gasteiger partial charge < -0.3 is 15.5 Å². The average molecular weight is 339 g/mol. The minimum Gasteiger partial charge on any atom is -0.337 e. The van der Waals surface area contributed by atoms with Crippen LogP contribution in [0.1, 0.15) is 18.9 Å². The molecule has 7 nitrogen and oxygen atoms in total. The summed E-state index contributed by atoms with van der Waals surface area (Å²) in [5, 5.41) is 5.18. The van der Waals surface area contributed by atoms with E-state index in [2.05, 4.69) is 10.6 Å². The molecule has 1 aromatic rings. The van der Waals surface area contributed by atoms with E-state index in [9.17, 15) is 18.0 Å². The van der Waals surface area contributed by atoms with Crippen LogP contribution >= 0.6 is 0 Å². The predicted octanol–water partition coefficient (Wildman–Crippen LogP) is 1.15. The zero-order valence-electron chi connectivity index (χ0n) is 13.3. The highest BCUT2D eigenvalue weighted by Gasteiger charge is 2.20. The van der Waals surface area contributed by atoms with E-state index < -0.39 is 15.9 Å². The van der Waals surface area contributed by atoms with E-state index in [1.165, 1.54) is 6.92 Å². The molecule has 0 fully saturated rings. The summed E-state index contributed by atoms with van der Waals surface area (Å²) >= 11 is 0. The number of sulfone groups is 1. The second kappa shape index (κ2) is 6.99. The Bertz CT molecular complexity index is 715. The van der Waals surface area contributed by atoms with Crippen molar-refractivity contribution < 1.29 is 18.0 Å². The van der Waals surface area contributed by atoms with Crippen LogP contribution in [0.5, 0.6) is 0 Å². The molecule has 0 bridgehead atoms. The number of hydrogen-bond acceptors (Lipinski definition) is 4. The molecule has 23 heavy (non-hydrogen) atoms. The summed E-state index contributed by atoms with van der Waals surface area (Å²) < 4.78 is 22.0. The number of hydrogen-bond donors (Lipinski definition) is 2. The van der Waals surface area contributed by atoms with Crippen LogP contribution in [0.2, 0.25) is 0 Å². The summed E-state index contributed by atoms with van der Waals surface area (Å²) in [6, 6.07) is 4.95. The second-order valence-corrected chi connectivity index (χ2v) is 7.89. The Morgan fingerprint density at radius 2 is 2.04 bits per heavy atom. The number of nitrogens with one attached hydrogen (secondary N) is 2. The van der Waals surface area contributed by atoms with Gasteiger partial charge in [0.25, 0.3) is 0 Å². The van der Waals surface area contributed by atoms with Gasteiger partial charge in [-0.2, -0.15) is 0 Å². The Morgan fingerprint density at radius 1 is 1.30 bits per heavy atom. The molecule has 8 heteroatoms. The first-order valence-corrected chi connectivity index (χ1v) is 9.46. The molecule has 2 N–H and O–H groups in total.